The molecule has 0 unspecified atom stereocenters. The molecule has 0 amide bonds. The van der Waals surface area contributed by atoms with Crippen LogP contribution in [-0.4, -0.2) is 21.8 Å². The number of rotatable bonds is 9. The number of Topliss-reactive ketones (excluding diaryl/α,β-unsaturated/α-hetero) is 1. The average Bonchev–Trinajstić information content (AvgIpc) is 2.75. The van der Waals surface area contributed by atoms with Crippen LogP contribution in [0.5, 0.6) is 0 Å². The van der Waals surface area contributed by atoms with E-state index in [1.54, 1.807) is 6.20 Å². The van der Waals surface area contributed by atoms with Gasteiger partial charge in [-0.05, 0) is 37.5 Å². The van der Waals surface area contributed by atoms with Gasteiger partial charge in [0.2, 0.25) is 0 Å². The molecule has 0 fully saturated rings. The Morgan fingerprint density at radius 3 is 2.50 bits per heavy atom. The minimum absolute atomic E-state index is 0. The van der Waals surface area contributed by atoms with E-state index in [9.17, 15) is 18.0 Å². The van der Waals surface area contributed by atoms with E-state index in [-0.39, 0.29) is 19.5 Å². The molecule has 0 spiro atoms. The van der Waals surface area contributed by atoms with E-state index < -0.39 is 17.5 Å². The first-order valence-electron chi connectivity index (χ1n) is 10.1. The van der Waals surface area contributed by atoms with Crippen LogP contribution in [0, 0.1) is 0 Å². The fraction of sp³-hybridized carbons (Fsp3) is 0.348. The van der Waals surface area contributed by atoms with Crippen LogP contribution < -0.4 is 5.32 Å². The highest BCUT2D eigenvalue weighted by atomic mass is 19.4. The van der Waals surface area contributed by atoms with E-state index in [0.717, 1.165) is 36.4 Å². The zero-order valence-electron chi connectivity index (χ0n) is 16.7. The molecule has 1 atom stereocenters. The van der Waals surface area contributed by atoms with Crippen LogP contribution in [0.25, 0.3) is 11.0 Å². The Morgan fingerprint density at radius 2 is 1.77 bits per heavy atom. The number of alkyl halides is 3. The highest BCUT2D eigenvalue weighted by molar-refractivity contribution is 5.97. The molecule has 160 valence electrons. The van der Waals surface area contributed by atoms with Gasteiger partial charge in [-0.25, -0.2) is 4.98 Å². The molecule has 4 nitrogen and oxygen atoms in total. The molecule has 30 heavy (non-hydrogen) atoms. The number of nitrogens with one attached hydrogen (secondary N) is 1. The molecule has 1 heterocycles. The average molecular weight is 417 g/mol. The summed E-state index contributed by atoms with van der Waals surface area (Å²) in [6.45, 7) is 2.05. The van der Waals surface area contributed by atoms with E-state index in [2.05, 4.69) is 22.2 Å². The third-order valence-electron chi connectivity index (χ3n) is 5.03. The second-order valence-corrected chi connectivity index (χ2v) is 7.21. The van der Waals surface area contributed by atoms with Gasteiger partial charge in [0.15, 0.2) is 5.78 Å². The number of carbonyl (C=O) groups is 1. The van der Waals surface area contributed by atoms with Crippen molar-refractivity contribution in [2.45, 2.75) is 51.2 Å². The first-order chi connectivity index (χ1) is 14.4. The monoisotopic (exact) mass is 417 g/mol. The van der Waals surface area contributed by atoms with Crippen molar-refractivity contribution in [1.29, 1.82) is 0 Å². The number of aromatic nitrogens is 2. The number of halogens is 3. The van der Waals surface area contributed by atoms with Crippen molar-refractivity contribution in [1.82, 2.24) is 9.97 Å². The Labute approximate surface area is 175 Å². The number of benzene rings is 2. The predicted molar refractivity (Wildman–Crippen MR) is 114 cm³/mol. The molecule has 0 saturated carbocycles. The Morgan fingerprint density at radius 1 is 1.07 bits per heavy atom. The second kappa shape index (κ2) is 9.69. The largest absolute Gasteiger partial charge is 0.417 e. The van der Waals surface area contributed by atoms with Crippen LogP contribution in [0.2, 0.25) is 0 Å². The number of nitrogens with zero attached hydrogens (tertiary/aromatic N) is 2. The fourth-order valence-electron chi connectivity index (χ4n) is 3.40. The number of anilines is 1. The van der Waals surface area contributed by atoms with Crippen LogP contribution in [0.3, 0.4) is 0 Å². The highest BCUT2D eigenvalue weighted by Crippen LogP contribution is 2.32. The summed E-state index contributed by atoms with van der Waals surface area (Å²) in [4.78, 5) is 21.3. The maximum absolute atomic E-state index is 13.1. The number of ketones is 1. The van der Waals surface area contributed by atoms with Gasteiger partial charge in [-0.2, -0.15) is 13.2 Å². The lowest BCUT2D eigenvalue weighted by atomic mass is 9.98. The summed E-state index contributed by atoms with van der Waals surface area (Å²) < 4.78 is 39.2. The summed E-state index contributed by atoms with van der Waals surface area (Å²) in [5.74, 6) is 0.222. The minimum atomic E-state index is -4.52. The minimum Gasteiger partial charge on any atom is -0.366 e. The Balaban J connectivity index is 0.00000341. The van der Waals surface area contributed by atoms with Gasteiger partial charge < -0.3 is 5.32 Å². The molecule has 0 aliphatic carbocycles. The van der Waals surface area contributed by atoms with E-state index in [1.807, 2.05) is 24.3 Å². The molecular weight excluding hydrogens is 391 g/mol. The lowest BCUT2D eigenvalue weighted by Crippen LogP contribution is -2.19. The Bertz CT molecular complexity index is 1010. The number of hydrogen-bond donors (Lipinski definition) is 1. The highest BCUT2D eigenvalue weighted by Gasteiger charge is 2.34. The molecule has 2 aromatic carbocycles. The summed E-state index contributed by atoms with van der Waals surface area (Å²) >= 11 is 0. The SMILES string of the molecule is CC[C@@H](CCCCC(=O)c1ccccc1C(F)(F)F)Nc1cnc2ccccc2n1.[HH]. The number of carbonyl (C=O) groups excluding carboxylic acids is 1. The quantitative estimate of drug-likeness (QED) is 0.318. The van der Waals surface area contributed by atoms with Crippen LogP contribution >= 0.6 is 0 Å². The van der Waals surface area contributed by atoms with Gasteiger partial charge in [0.25, 0.3) is 0 Å². The van der Waals surface area contributed by atoms with Crippen molar-refractivity contribution in [2.75, 3.05) is 5.32 Å². The molecule has 0 saturated heterocycles. The lowest BCUT2D eigenvalue weighted by Gasteiger charge is -2.17. The Hall–Kier alpha value is -2.96. The molecule has 0 aliphatic heterocycles. The van der Waals surface area contributed by atoms with Crippen molar-refractivity contribution < 1.29 is 19.4 Å². The van der Waals surface area contributed by atoms with Crippen molar-refractivity contribution in [2.24, 2.45) is 0 Å². The van der Waals surface area contributed by atoms with E-state index in [1.165, 1.54) is 18.2 Å². The number of hydrogen-bond acceptors (Lipinski definition) is 4. The van der Waals surface area contributed by atoms with Gasteiger partial charge in [0.05, 0.1) is 22.8 Å². The molecule has 0 radical (unpaired) electrons. The molecule has 3 aromatic rings. The molecule has 1 N–H and O–H groups in total. The Kier molecular flexibility index (Phi) is 7.03. The van der Waals surface area contributed by atoms with Crippen molar-refractivity contribution >= 4 is 22.6 Å². The van der Waals surface area contributed by atoms with Crippen molar-refractivity contribution in [3.05, 3.63) is 65.9 Å². The summed E-state index contributed by atoms with van der Waals surface area (Å²) in [7, 11) is 0. The normalized spacial score (nSPS) is 12.7. The van der Waals surface area contributed by atoms with Crippen LogP contribution in [0.1, 0.15) is 56.4 Å². The molecule has 1 aromatic heterocycles. The molecular formula is C23H26F3N3O. The number of fused-ring (bicyclic) bond motifs is 1. The maximum Gasteiger partial charge on any atom is 0.417 e. The predicted octanol–water partition coefficient (Wildman–Crippen LogP) is 6.53. The van der Waals surface area contributed by atoms with Crippen LogP contribution in [0.4, 0.5) is 19.0 Å². The van der Waals surface area contributed by atoms with Gasteiger partial charge in [-0.3, -0.25) is 9.78 Å². The number of para-hydroxylation sites is 2. The van der Waals surface area contributed by atoms with Gasteiger partial charge in [-0.15, -0.1) is 0 Å². The zero-order valence-corrected chi connectivity index (χ0v) is 16.7. The summed E-state index contributed by atoms with van der Waals surface area (Å²) in [5.41, 5.74) is 0.527. The number of unbranched alkanes of at least 4 members (excludes halogenated alkanes) is 1. The third kappa shape index (κ3) is 5.55. The van der Waals surface area contributed by atoms with Crippen molar-refractivity contribution in [3.63, 3.8) is 0 Å². The third-order valence-corrected chi connectivity index (χ3v) is 5.03. The molecule has 0 bridgehead atoms. The van der Waals surface area contributed by atoms with Gasteiger partial charge in [-0.1, -0.05) is 43.7 Å². The van der Waals surface area contributed by atoms with E-state index in [4.69, 9.17) is 0 Å². The molecule has 0 aliphatic rings. The molecule has 7 heteroatoms. The van der Waals surface area contributed by atoms with E-state index >= 15 is 0 Å². The van der Waals surface area contributed by atoms with Gasteiger partial charge in [0.1, 0.15) is 5.82 Å². The van der Waals surface area contributed by atoms with Gasteiger partial charge >= 0.3 is 6.18 Å². The first kappa shape index (κ1) is 21.7. The van der Waals surface area contributed by atoms with Crippen molar-refractivity contribution in [3.8, 4) is 0 Å². The zero-order chi connectivity index (χ0) is 21.6. The van der Waals surface area contributed by atoms with Crippen LogP contribution in [-0.2, 0) is 6.18 Å². The second-order valence-electron chi connectivity index (χ2n) is 7.21. The topological polar surface area (TPSA) is 54.9 Å². The lowest BCUT2D eigenvalue weighted by molar-refractivity contribution is -0.137. The maximum atomic E-state index is 13.1. The fourth-order valence-corrected chi connectivity index (χ4v) is 3.40. The molecule has 3 rings (SSSR count). The van der Waals surface area contributed by atoms with Crippen LogP contribution in [0.15, 0.2) is 54.7 Å². The smallest absolute Gasteiger partial charge is 0.366 e. The van der Waals surface area contributed by atoms with Gasteiger partial charge in [0, 0.05) is 19.5 Å². The summed E-state index contributed by atoms with van der Waals surface area (Å²) in [5, 5.41) is 3.36. The summed E-state index contributed by atoms with van der Waals surface area (Å²) in [6, 6.07) is 12.7. The first-order valence-corrected chi connectivity index (χ1v) is 10.1. The van der Waals surface area contributed by atoms with E-state index in [0.29, 0.717) is 12.2 Å². The summed E-state index contributed by atoms with van der Waals surface area (Å²) in [6.07, 6.45) is 0.184. The standard InChI is InChI=1S/C23H24F3N3O.H2/c1-2-16(28-22-15-27-19-12-6-7-13-20(19)29-22)9-3-8-14-21(30)17-10-4-5-11-18(17)23(24,25)26;/h4-7,10-13,15-16H,2-3,8-9,14H2,1H3,(H,28,29);1H/t16-;/m0./s1.